The van der Waals surface area contributed by atoms with Crippen molar-refractivity contribution in [1.82, 2.24) is 4.72 Å². The summed E-state index contributed by atoms with van der Waals surface area (Å²) >= 11 is 2.33. The Morgan fingerprint density at radius 1 is 1.00 bits per heavy atom. The Hall–Kier alpha value is -0.140. The van der Waals surface area contributed by atoms with Crippen LogP contribution in [-0.4, -0.2) is 14.0 Å². The Morgan fingerprint density at radius 2 is 1.44 bits per heavy atom. The summed E-state index contributed by atoms with van der Waals surface area (Å²) in [6.07, 6.45) is 0. The van der Waals surface area contributed by atoms with Crippen LogP contribution in [0.25, 0.3) is 0 Å². The molecule has 0 bridgehead atoms. The Labute approximate surface area is 124 Å². The van der Waals surface area contributed by atoms with E-state index in [0.29, 0.717) is 4.90 Å². The van der Waals surface area contributed by atoms with E-state index in [1.807, 2.05) is 32.9 Å². The summed E-state index contributed by atoms with van der Waals surface area (Å²) in [7, 11) is -3.43. The lowest BCUT2D eigenvalue weighted by Crippen LogP contribution is -2.40. The van der Waals surface area contributed by atoms with Gasteiger partial charge in [-0.05, 0) is 52.3 Å². The zero-order valence-electron chi connectivity index (χ0n) is 11.4. The summed E-state index contributed by atoms with van der Waals surface area (Å²) in [5.74, 6) is 0. The molecule has 0 saturated heterocycles. The first-order chi connectivity index (χ1) is 7.92. The van der Waals surface area contributed by atoms with Crippen LogP contribution in [0.15, 0.2) is 29.2 Å². The highest BCUT2D eigenvalue weighted by Crippen LogP contribution is 2.31. The molecule has 0 aromatic heterocycles. The number of halogens is 1. The number of sulfonamides is 1. The van der Waals surface area contributed by atoms with Crippen LogP contribution in [-0.2, 0) is 13.4 Å². The van der Waals surface area contributed by atoms with Crippen molar-refractivity contribution in [3.05, 3.63) is 29.8 Å². The maximum absolute atomic E-state index is 12.1. The second kappa shape index (κ2) is 5.09. The van der Waals surface area contributed by atoms with E-state index >= 15 is 0 Å². The third-order valence-electron chi connectivity index (χ3n) is 2.29. The topological polar surface area (TPSA) is 46.2 Å². The van der Waals surface area contributed by atoms with Gasteiger partial charge in [0, 0.05) is 8.96 Å². The quantitative estimate of drug-likeness (QED) is 0.644. The zero-order valence-corrected chi connectivity index (χ0v) is 14.4. The molecule has 0 amide bonds. The molecular weight excluding hydrogens is 361 g/mol. The van der Waals surface area contributed by atoms with Crippen LogP contribution < -0.4 is 4.72 Å². The van der Waals surface area contributed by atoms with Crippen LogP contribution in [0.1, 0.15) is 40.2 Å². The van der Waals surface area contributed by atoms with Crippen LogP contribution in [0.3, 0.4) is 0 Å². The Morgan fingerprint density at radius 3 is 1.78 bits per heavy atom. The monoisotopic (exact) mass is 381 g/mol. The molecule has 0 atom stereocenters. The Bertz CT molecular complexity index is 507. The molecule has 0 aliphatic carbocycles. The highest BCUT2D eigenvalue weighted by Gasteiger charge is 2.23. The van der Waals surface area contributed by atoms with Crippen molar-refractivity contribution in [2.24, 2.45) is 0 Å². The molecular formula is C13H20INO2S. The molecule has 1 N–H and O–H groups in total. The zero-order chi connectivity index (χ0) is 14.2. The lowest BCUT2D eigenvalue weighted by atomic mass is 10.0. The van der Waals surface area contributed by atoms with Crippen LogP contribution in [0.2, 0.25) is 0 Å². The molecule has 0 saturated carbocycles. The lowest BCUT2D eigenvalue weighted by Gasteiger charge is -2.21. The second-order valence-electron chi connectivity index (χ2n) is 5.85. The van der Waals surface area contributed by atoms with Crippen molar-refractivity contribution < 1.29 is 8.42 Å². The summed E-state index contributed by atoms with van der Waals surface area (Å²) in [6.45, 7) is 9.65. The average Bonchev–Trinajstić information content (AvgIpc) is 2.13. The van der Waals surface area contributed by atoms with Gasteiger partial charge in [0.05, 0.1) is 4.90 Å². The molecule has 0 fully saturated rings. The van der Waals surface area contributed by atoms with Crippen LogP contribution >= 0.6 is 22.6 Å². The van der Waals surface area contributed by atoms with Crippen molar-refractivity contribution in [2.45, 2.75) is 48.5 Å². The summed E-state index contributed by atoms with van der Waals surface area (Å²) in [5, 5.41) is 0. The maximum atomic E-state index is 12.1. The normalized spacial score (nSPS) is 13.7. The van der Waals surface area contributed by atoms with Crippen molar-refractivity contribution in [1.29, 1.82) is 0 Å². The molecule has 18 heavy (non-hydrogen) atoms. The number of alkyl halides is 1. The summed E-state index contributed by atoms with van der Waals surface area (Å²) in [5.41, 5.74) is 0.637. The Kier molecular flexibility index (Phi) is 4.50. The first-order valence-electron chi connectivity index (χ1n) is 5.75. The predicted molar refractivity (Wildman–Crippen MR) is 83.6 cm³/mol. The van der Waals surface area contributed by atoms with E-state index in [0.717, 1.165) is 5.56 Å². The predicted octanol–water partition coefficient (Wildman–Crippen LogP) is 3.43. The van der Waals surface area contributed by atoms with Crippen molar-refractivity contribution in [2.75, 3.05) is 0 Å². The fourth-order valence-corrected chi connectivity index (χ4v) is 3.27. The molecule has 3 nitrogen and oxygen atoms in total. The minimum Gasteiger partial charge on any atom is -0.207 e. The first kappa shape index (κ1) is 15.9. The molecule has 1 aromatic rings. The average molecular weight is 381 g/mol. The van der Waals surface area contributed by atoms with E-state index < -0.39 is 15.6 Å². The van der Waals surface area contributed by atoms with E-state index in [4.69, 9.17) is 0 Å². The number of hydrogen-bond acceptors (Lipinski definition) is 2. The van der Waals surface area contributed by atoms with Gasteiger partial charge in [0.15, 0.2) is 0 Å². The Balaban J connectivity index is 3.06. The minimum atomic E-state index is -3.43. The minimum absolute atomic E-state index is 0.00247. The van der Waals surface area contributed by atoms with Gasteiger partial charge in [-0.3, -0.25) is 0 Å². The molecule has 0 unspecified atom stereocenters. The van der Waals surface area contributed by atoms with Gasteiger partial charge in [-0.2, -0.15) is 0 Å². The molecule has 0 aliphatic rings. The molecule has 0 spiro atoms. The number of benzene rings is 1. The number of nitrogens with one attached hydrogen (secondary N) is 1. The largest absolute Gasteiger partial charge is 0.241 e. The third-order valence-corrected chi connectivity index (χ3v) is 4.69. The molecule has 1 rings (SSSR count). The highest BCUT2D eigenvalue weighted by molar-refractivity contribution is 14.1. The van der Waals surface area contributed by atoms with Gasteiger partial charge < -0.3 is 0 Å². The van der Waals surface area contributed by atoms with Gasteiger partial charge in [0.2, 0.25) is 10.0 Å². The van der Waals surface area contributed by atoms with E-state index in [1.165, 1.54) is 0 Å². The van der Waals surface area contributed by atoms with E-state index in [2.05, 4.69) is 41.2 Å². The summed E-state index contributed by atoms with van der Waals surface area (Å²) in [6, 6.07) is 7.04. The molecule has 0 radical (unpaired) electrons. The molecule has 102 valence electrons. The lowest BCUT2D eigenvalue weighted by molar-refractivity contribution is 0.491. The maximum Gasteiger partial charge on any atom is 0.241 e. The van der Waals surface area contributed by atoms with Gasteiger partial charge in [-0.25, -0.2) is 13.1 Å². The first-order valence-corrected chi connectivity index (χ1v) is 8.31. The van der Waals surface area contributed by atoms with Gasteiger partial charge in [-0.15, -0.1) is 0 Å². The van der Waals surface area contributed by atoms with Crippen molar-refractivity contribution in [3.63, 3.8) is 0 Å². The molecule has 0 heterocycles. The van der Waals surface area contributed by atoms with Crippen molar-refractivity contribution in [3.8, 4) is 0 Å². The van der Waals surface area contributed by atoms with Crippen LogP contribution in [0, 0.1) is 0 Å². The number of hydrogen-bond donors (Lipinski definition) is 1. The molecule has 1 aromatic carbocycles. The fraction of sp³-hybridized carbons (Fsp3) is 0.538. The fourth-order valence-electron chi connectivity index (χ4n) is 1.49. The van der Waals surface area contributed by atoms with Crippen LogP contribution in [0.5, 0.6) is 0 Å². The highest BCUT2D eigenvalue weighted by atomic mass is 127. The standard InChI is InChI=1S/C13H20INO2S/c1-12(2,3)15-18(16,17)11-8-6-10(7-9-11)13(4,5)14/h6-9,15H,1-5H3. The summed E-state index contributed by atoms with van der Waals surface area (Å²) < 4.78 is 26.8. The smallest absolute Gasteiger partial charge is 0.207 e. The van der Waals surface area contributed by atoms with Crippen LogP contribution in [0.4, 0.5) is 0 Å². The summed E-state index contributed by atoms with van der Waals surface area (Å²) in [4.78, 5) is 0.307. The van der Waals surface area contributed by atoms with E-state index in [9.17, 15) is 8.42 Å². The SMILES string of the molecule is CC(C)(C)NS(=O)(=O)c1ccc(C(C)(C)I)cc1. The van der Waals surface area contributed by atoms with Gasteiger partial charge >= 0.3 is 0 Å². The van der Waals surface area contributed by atoms with Gasteiger partial charge in [-0.1, -0.05) is 34.7 Å². The van der Waals surface area contributed by atoms with Gasteiger partial charge in [0.25, 0.3) is 0 Å². The molecule has 0 aliphatic heterocycles. The van der Waals surface area contributed by atoms with Crippen molar-refractivity contribution >= 4 is 32.6 Å². The third kappa shape index (κ3) is 4.51. The van der Waals surface area contributed by atoms with E-state index in [-0.39, 0.29) is 3.42 Å². The molecule has 5 heteroatoms. The second-order valence-corrected chi connectivity index (χ2v) is 10.2. The van der Waals surface area contributed by atoms with Gasteiger partial charge in [0.1, 0.15) is 0 Å². The van der Waals surface area contributed by atoms with E-state index in [1.54, 1.807) is 12.1 Å². The number of rotatable bonds is 3.